The third kappa shape index (κ3) is 2.44. The van der Waals surface area contributed by atoms with Crippen LogP contribution in [0.15, 0.2) is 12.3 Å². The zero-order valence-corrected chi connectivity index (χ0v) is 9.92. The van der Waals surface area contributed by atoms with Gasteiger partial charge in [0.1, 0.15) is 5.82 Å². The van der Waals surface area contributed by atoms with Gasteiger partial charge in [0, 0.05) is 24.6 Å². The molecule has 1 aliphatic rings. The Balaban J connectivity index is 2.10. The highest BCUT2D eigenvalue weighted by atomic mass is 16.5. The van der Waals surface area contributed by atoms with E-state index in [1.54, 1.807) is 6.20 Å². The Labute approximate surface area is 96.2 Å². The maximum atomic E-state index is 5.86. The van der Waals surface area contributed by atoms with E-state index in [2.05, 4.69) is 17.2 Å². The fraction of sp³-hybridized carbons (Fsp3) is 0.583. The summed E-state index contributed by atoms with van der Waals surface area (Å²) >= 11 is 0. The van der Waals surface area contributed by atoms with Gasteiger partial charge in [-0.1, -0.05) is 0 Å². The lowest BCUT2D eigenvalue weighted by atomic mass is 9.95. The molecular weight excluding hydrogens is 202 g/mol. The van der Waals surface area contributed by atoms with Crippen LogP contribution in [0.1, 0.15) is 25.3 Å². The molecule has 88 valence electrons. The van der Waals surface area contributed by atoms with Crippen molar-refractivity contribution in [3.63, 3.8) is 0 Å². The van der Waals surface area contributed by atoms with Gasteiger partial charge >= 0.3 is 0 Å². The monoisotopic (exact) mass is 221 g/mol. The van der Waals surface area contributed by atoms with E-state index in [9.17, 15) is 0 Å². The lowest BCUT2D eigenvalue weighted by molar-refractivity contribution is 0.0539. The summed E-state index contributed by atoms with van der Waals surface area (Å²) in [5.41, 5.74) is 7.62. The number of pyridine rings is 1. The molecule has 0 saturated carbocycles. The lowest BCUT2D eigenvalue weighted by Gasteiger charge is -2.34. The average Bonchev–Trinajstić information content (AvgIpc) is 2.24. The summed E-state index contributed by atoms with van der Waals surface area (Å²) in [4.78, 5) is 4.33. The normalized spacial score (nSPS) is 25.4. The molecule has 1 fully saturated rings. The molecule has 1 aromatic heterocycles. The number of hydrogen-bond acceptors (Lipinski definition) is 4. The Hall–Kier alpha value is -1.29. The molecule has 2 rings (SSSR count). The Morgan fingerprint density at radius 2 is 2.38 bits per heavy atom. The highest BCUT2D eigenvalue weighted by Crippen LogP contribution is 2.24. The molecule has 4 heteroatoms. The molecule has 0 aliphatic carbocycles. The molecular formula is C12H19N3O. The minimum Gasteiger partial charge on any atom is -0.398 e. The van der Waals surface area contributed by atoms with E-state index in [-0.39, 0.29) is 5.54 Å². The fourth-order valence-corrected chi connectivity index (χ4v) is 1.95. The summed E-state index contributed by atoms with van der Waals surface area (Å²) in [6.45, 7) is 5.70. The molecule has 0 aromatic carbocycles. The van der Waals surface area contributed by atoms with Gasteiger partial charge in [0.25, 0.3) is 0 Å². The molecule has 1 unspecified atom stereocenters. The van der Waals surface area contributed by atoms with Crippen molar-refractivity contribution < 1.29 is 4.74 Å². The molecule has 2 heterocycles. The SMILES string of the molecule is Cc1cnc(NC2(C)CCCOC2)cc1N. The number of nitrogens with one attached hydrogen (secondary N) is 1. The Morgan fingerprint density at radius 3 is 3.00 bits per heavy atom. The van der Waals surface area contributed by atoms with Crippen molar-refractivity contribution in [3.05, 3.63) is 17.8 Å². The zero-order valence-electron chi connectivity index (χ0n) is 9.92. The first-order chi connectivity index (χ1) is 7.59. The van der Waals surface area contributed by atoms with E-state index in [0.29, 0.717) is 0 Å². The van der Waals surface area contributed by atoms with Crippen LogP contribution in [0, 0.1) is 6.92 Å². The maximum absolute atomic E-state index is 5.86. The lowest BCUT2D eigenvalue weighted by Crippen LogP contribution is -2.43. The minimum atomic E-state index is -0.0209. The van der Waals surface area contributed by atoms with Crippen LogP contribution in [0.25, 0.3) is 0 Å². The highest BCUT2D eigenvalue weighted by molar-refractivity contribution is 5.54. The quantitative estimate of drug-likeness (QED) is 0.801. The van der Waals surface area contributed by atoms with Gasteiger partial charge in [-0.25, -0.2) is 4.98 Å². The molecule has 1 aliphatic heterocycles. The van der Waals surface area contributed by atoms with Crippen LogP contribution in [0.3, 0.4) is 0 Å². The van der Waals surface area contributed by atoms with Crippen molar-refractivity contribution in [2.45, 2.75) is 32.2 Å². The van der Waals surface area contributed by atoms with Crippen molar-refractivity contribution >= 4 is 11.5 Å². The van der Waals surface area contributed by atoms with Crippen molar-refractivity contribution in [2.75, 3.05) is 24.3 Å². The zero-order chi connectivity index (χ0) is 11.6. The molecule has 4 nitrogen and oxygen atoms in total. The van der Waals surface area contributed by atoms with Gasteiger partial charge in [-0.2, -0.15) is 0 Å². The van der Waals surface area contributed by atoms with Crippen molar-refractivity contribution in [3.8, 4) is 0 Å². The highest BCUT2D eigenvalue weighted by Gasteiger charge is 2.27. The van der Waals surface area contributed by atoms with E-state index in [1.807, 2.05) is 13.0 Å². The smallest absolute Gasteiger partial charge is 0.128 e. The van der Waals surface area contributed by atoms with Crippen LogP contribution in [0.2, 0.25) is 0 Å². The summed E-state index contributed by atoms with van der Waals surface area (Å²) in [7, 11) is 0. The molecule has 1 aromatic rings. The largest absolute Gasteiger partial charge is 0.398 e. The Bertz CT molecular complexity index is 373. The summed E-state index contributed by atoms with van der Waals surface area (Å²) in [5, 5.41) is 3.41. The van der Waals surface area contributed by atoms with Gasteiger partial charge in [0.05, 0.1) is 12.1 Å². The van der Waals surface area contributed by atoms with Crippen LogP contribution in [0.5, 0.6) is 0 Å². The molecule has 16 heavy (non-hydrogen) atoms. The Morgan fingerprint density at radius 1 is 1.56 bits per heavy atom. The van der Waals surface area contributed by atoms with Gasteiger partial charge in [-0.15, -0.1) is 0 Å². The number of nitrogen functional groups attached to an aromatic ring is 1. The second kappa shape index (κ2) is 4.29. The third-order valence-corrected chi connectivity index (χ3v) is 3.01. The number of ether oxygens (including phenoxy) is 1. The number of anilines is 2. The van der Waals surface area contributed by atoms with Gasteiger partial charge in [-0.05, 0) is 32.3 Å². The first kappa shape index (κ1) is 11.2. The van der Waals surface area contributed by atoms with E-state index in [1.165, 1.54) is 0 Å². The van der Waals surface area contributed by atoms with Crippen LogP contribution in [-0.2, 0) is 4.74 Å². The molecule has 0 radical (unpaired) electrons. The number of nitrogens with two attached hydrogens (primary N) is 1. The maximum Gasteiger partial charge on any atom is 0.128 e. The number of rotatable bonds is 2. The minimum absolute atomic E-state index is 0.0209. The van der Waals surface area contributed by atoms with Crippen LogP contribution >= 0.6 is 0 Å². The van der Waals surface area contributed by atoms with Gasteiger partial charge in [-0.3, -0.25) is 0 Å². The molecule has 1 atom stereocenters. The number of aryl methyl sites for hydroxylation is 1. The van der Waals surface area contributed by atoms with Crippen LogP contribution < -0.4 is 11.1 Å². The number of aromatic nitrogens is 1. The first-order valence-electron chi connectivity index (χ1n) is 5.67. The van der Waals surface area contributed by atoms with Gasteiger partial charge < -0.3 is 15.8 Å². The van der Waals surface area contributed by atoms with Crippen LogP contribution in [0.4, 0.5) is 11.5 Å². The fourth-order valence-electron chi connectivity index (χ4n) is 1.95. The van der Waals surface area contributed by atoms with Crippen molar-refractivity contribution in [2.24, 2.45) is 0 Å². The van der Waals surface area contributed by atoms with Gasteiger partial charge in [0.15, 0.2) is 0 Å². The van der Waals surface area contributed by atoms with Crippen molar-refractivity contribution in [1.82, 2.24) is 4.98 Å². The summed E-state index contributed by atoms with van der Waals surface area (Å²) < 4.78 is 5.49. The topological polar surface area (TPSA) is 60.2 Å². The summed E-state index contributed by atoms with van der Waals surface area (Å²) in [6, 6.07) is 1.88. The summed E-state index contributed by atoms with van der Waals surface area (Å²) in [6.07, 6.45) is 3.98. The molecule has 0 bridgehead atoms. The second-order valence-corrected chi connectivity index (χ2v) is 4.77. The van der Waals surface area contributed by atoms with E-state index in [0.717, 1.165) is 43.1 Å². The molecule has 0 spiro atoms. The van der Waals surface area contributed by atoms with E-state index >= 15 is 0 Å². The molecule has 3 N–H and O–H groups in total. The first-order valence-corrected chi connectivity index (χ1v) is 5.67. The van der Waals surface area contributed by atoms with Gasteiger partial charge in [0.2, 0.25) is 0 Å². The predicted molar refractivity (Wildman–Crippen MR) is 65.5 cm³/mol. The Kier molecular flexibility index (Phi) is 3.01. The predicted octanol–water partition coefficient (Wildman–Crippen LogP) is 1.95. The van der Waals surface area contributed by atoms with E-state index < -0.39 is 0 Å². The molecule has 0 amide bonds. The van der Waals surface area contributed by atoms with Crippen LogP contribution in [-0.4, -0.2) is 23.7 Å². The second-order valence-electron chi connectivity index (χ2n) is 4.77. The summed E-state index contributed by atoms with van der Waals surface area (Å²) in [5.74, 6) is 0.830. The standard InChI is InChI=1S/C12H19N3O/c1-9-7-14-11(6-10(9)13)15-12(2)4-3-5-16-8-12/h6-7H,3-5,8H2,1-2H3,(H3,13,14,15). The average molecular weight is 221 g/mol. The molecule has 1 saturated heterocycles. The van der Waals surface area contributed by atoms with E-state index in [4.69, 9.17) is 10.5 Å². The number of hydrogen-bond donors (Lipinski definition) is 2. The third-order valence-electron chi connectivity index (χ3n) is 3.01. The number of nitrogens with zero attached hydrogens (tertiary/aromatic N) is 1. The van der Waals surface area contributed by atoms with Crippen molar-refractivity contribution in [1.29, 1.82) is 0 Å².